The minimum atomic E-state index is -3.78. The van der Waals surface area contributed by atoms with Crippen molar-refractivity contribution in [2.45, 2.75) is 11.3 Å². The zero-order chi connectivity index (χ0) is 18.4. The Balaban J connectivity index is 2.31. The molecule has 0 saturated heterocycles. The SMILES string of the molecule is CN(CCC#N)C(=O)c1cccc(S(=O)(=O)N(C)c2ccccc2)c1. The summed E-state index contributed by atoms with van der Waals surface area (Å²) in [7, 11) is -0.730. The first kappa shape index (κ1) is 18.5. The van der Waals surface area contributed by atoms with Crippen LogP contribution in [0.15, 0.2) is 59.5 Å². The Hall–Kier alpha value is -2.85. The maximum Gasteiger partial charge on any atom is 0.264 e. The molecule has 7 heteroatoms. The number of para-hydroxylation sites is 1. The monoisotopic (exact) mass is 357 g/mol. The number of carbonyl (C=O) groups excluding carboxylic acids is 1. The normalized spacial score (nSPS) is 10.8. The van der Waals surface area contributed by atoms with Gasteiger partial charge < -0.3 is 4.90 Å². The lowest BCUT2D eigenvalue weighted by atomic mass is 10.2. The van der Waals surface area contributed by atoms with Crippen LogP contribution < -0.4 is 4.31 Å². The molecule has 130 valence electrons. The molecule has 0 aliphatic rings. The number of nitrogens with zero attached hydrogens (tertiary/aromatic N) is 3. The lowest BCUT2D eigenvalue weighted by molar-refractivity contribution is 0.0798. The predicted octanol–water partition coefficient (Wildman–Crippen LogP) is 2.50. The highest BCUT2D eigenvalue weighted by molar-refractivity contribution is 7.92. The van der Waals surface area contributed by atoms with E-state index in [1.807, 2.05) is 6.07 Å². The largest absolute Gasteiger partial charge is 0.341 e. The molecule has 6 nitrogen and oxygen atoms in total. The number of benzene rings is 2. The van der Waals surface area contributed by atoms with Crippen LogP contribution in [0.2, 0.25) is 0 Å². The van der Waals surface area contributed by atoms with Crippen LogP contribution in [-0.4, -0.2) is 39.9 Å². The third-order valence-corrected chi connectivity index (χ3v) is 5.55. The first-order valence-electron chi connectivity index (χ1n) is 7.64. The van der Waals surface area contributed by atoms with Gasteiger partial charge in [-0.05, 0) is 30.3 Å². The Morgan fingerprint density at radius 3 is 2.40 bits per heavy atom. The van der Waals surface area contributed by atoms with E-state index >= 15 is 0 Å². The summed E-state index contributed by atoms with van der Waals surface area (Å²) < 4.78 is 26.8. The van der Waals surface area contributed by atoms with Crippen molar-refractivity contribution in [3.05, 3.63) is 60.2 Å². The van der Waals surface area contributed by atoms with E-state index in [9.17, 15) is 13.2 Å². The lowest BCUT2D eigenvalue weighted by Crippen LogP contribution is -2.29. The van der Waals surface area contributed by atoms with Crippen molar-refractivity contribution >= 4 is 21.6 Å². The van der Waals surface area contributed by atoms with Crippen LogP contribution in [-0.2, 0) is 10.0 Å². The van der Waals surface area contributed by atoms with Crippen LogP contribution in [0.25, 0.3) is 0 Å². The van der Waals surface area contributed by atoms with Gasteiger partial charge in [-0.3, -0.25) is 9.10 Å². The number of anilines is 1. The molecule has 0 radical (unpaired) electrons. The van der Waals surface area contributed by atoms with Gasteiger partial charge in [0.2, 0.25) is 0 Å². The van der Waals surface area contributed by atoms with E-state index in [2.05, 4.69) is 0 Å². The molecule has 0 aromatic heterocycles. The number of rotatable bonds is 6. The van der Waals surface area contributed by atoms with Crippen LogP contribution >= 0.6 is 0 Å². The van der Waals surface area contributed by atoms with Gasteiger partial charge in [-0.25, -0.2) is 8.42 Å². The molecule has 0 saturated carbocycles. The van der Waals surface area contributed by atoms with Crippen LogP contribution in [0.1, 0.15) is 16.8 Å². The first-order valence-corrected chi connectivity index (χ1v) is 9.08. The predicted molar refractivity (Wildman–Crippen MR) is 95.7 cm³/mol. The van der Waals surface area contributed by atoms with Gasteiger partial charge >= 0.3 is 0 Å². The van der Waals surface area contributed by atoms with E-state index in [1.165, 1.54) is 34.5 Å². The molecule has 0 spiro atoms. The molecule has 0 aliphatic carbocycles. The molecule has 1 amide bonds. The van der Waals surface area contributed by atoms with Gasteiger partial charge in [0.15, 0.2) is 0 Å². The molecule has 2 aromatic carbocycles. The summed E-state index contributed by atoms with van der Waals surface area (Å²) in [5.74, 6) is -0.324. The van der Waals surface area contributed by atoms with Crippen LogP contribution in [0.5, 0.6) is 0 Å². The van der Waals surface area contributed by atoms with Crippen molar-refractivity contribution in [1.29, 1.82) is 5.26 Å². The zero-order valence-electron chi connectivity index (χ0n) is 14.1. The third kappa shape index (κ3) is 4.17. The molecule has 25 heavy (non-hydrogen) atoms. The summed E-state index contributed by atoms with van der Waals surface area (Å²) in [5, 5.41) is 8.61. The van der Waals surface area contributed by atoms with Crippen molar-refractivity contribution in [2.24, 2.45) is 0 Å². The van der Waals surface area contributed by atoms with Crippen molar-refractivity contribution in [3.63, 3.8) is 0 Å². The molecule has 0 unspecified atom stereocenters. The highest BCUT2D eigenvalue weighted by atomic mass is 32.2. The number of sulfonamides is 1. The standard InChI is InChI=1S/C18H19N3O3S/c1-20(13-7-12-19)18(22)15-8-6-11-17(14-15)25(23,24)21(2)16-9-4-3-5-10-16/h3-6,8-11,14H,7,13H2,1-2H3. The average molecular weight is 357 g/mol. The molecule has 0 atom stereocenters. The maximum atomic E-state index is 12.8. The molecule has 2 rings (SSSR count). The van der Waals surface area contributed by atoms with Gasteiger partial charge in [0.05, 0.1) is 23.1 Å². The molecule has 0 bridgehead atoms. The molecular weight excluding hydrogens is 338 g/mol. The van der Waals surface area contributed by atoms with E-state index in [4.69, 9.17) is 5.26 Å². The van der Waals surface area contributed by atoms with Crippen LogP contribution in [0.3, 0.4) is 0 Å². The Kier molecular flexibility index (Phi) is 5.78. The third-order valence-electron chi connectivity index (χ3n) is 3.76. The smallest absolute Gasteiger partial charge is 0.264 e. The van der Waals surface area contributed by atoms with E-state index < -0.39 is 10.0 Å². The van der Waals surface area contributed by atoms with Gasteiger partial charge in [-0.2, -0.15) is 5.26 Å². The fraction of sp³-hybridized carbons (Fsp3) is 0.222. The summed E-state index contributed by atoms with van der Waals surface area (Å²) in [4.78, 5) is 13.8. The second-order valence-corrected chi connectivity index (χ2v) is 7.44. The molecule has 2 aromatic rings. The molecule has 0 N–H and O–H groups in total. The first-order chi connectivity index (χ1) is 11.9. The second kappa shape index (κ2) is 7.81. The lowest BCUT2D eigenvalue weighted by Gasteiger charge is -2.20. The zero-order valence-corrected chi connectivity index (χ0v) is 14.9. The van der Waals surface area contributed by atoms with E-state index in [1.54, 1.807) is 43.4 Å². The second-order valence-electron chi connectivity index (χ2n) is 5.47. The van der Waals surface area contributed by atoms with Crippen LogP contribution in [0.4, 0.5) is 5.69 Å². The van der Waals surface area contributed by atoms with Crippen LogP contribution in [0, 0.1) is 11.3 Å². The van der Waals surface area contributed by atoms with Gasteiger partial charge in [-0.1, -0.05) is 24.3 Å². The van der Waals surface area contributed by atoms with Gasteiger partial charge in [0.1, 0.15) is 0 Å². The number of nitriles is 1. The Morgan fingerprint density at radius 2 is 1.76 bits per heavy atom. The Labute approximate surface area is 148 Å². The quantitative estimate of drug-likeness (QED) is 0.795. The summed E-state index contributed by atoms with van der Waals surface area (Å²) in [5.41, 5.74) is 0.799. The summed E-state index contributed by atoms with van der Waals surface area (Å²) in [6, 6.07) is 16.6. The Bertz CT molecular complexity index is 889. The van der Waals surface area contributed by atoms with Gasteiger partial charge in [-0.15, -0.1) is 0 Å². The topological polar surface area (TPSA) is 81.5 Å². The minimum absolute atomic E-state index is 0.0402. The van der Waals surface area contributed by atoms with E-state index in [0.717, 1.165) is 0 Å². The van der Waals surface area contributed by atoms with E-state index in [-0.39, 0.29) is 29.3 Å². The number of carbonyl (C=O) groups is 1. The van der Waals surface area contributed by atoms with Crippen molar-refractivity contribution in [1.82, 2.24) is 4.90 Å². The van der Waals surface area contributed by atoms with Crippen molar-refractivity contribution in [3.8, 4) is 6.07 Å². The summed E-state index contributed by atoms with van der Waals surface area (Å²) in [6.45, 7) is 0.288. The number of hydrogen-bond acceptors (Lipinski definition) is 4. The number of hydrogen-bond donors (Lipinski definition) is 0. The highest BCUT2D eigenvalue weighted by Gasteiger charge is 2.23. The molecule has 0 fully saturated rings. The fourth-order valence-corrected chi connectivity index (χ4v) is 3.51. The highest BCUT2D eigenvalue weighted by Crippen LogP contribution is 2.22. The maximum absolute atomic E-state index is 12.8. The fourth-order valence-electron chi connectivity index (χ4n) is 2.26. The molecular formula is C18H19N3O3S. The minimum Gasteiger partial charge on any atom is -0.341 e. The summed E-state index contributed by atoms with van der Waals surface area (Å²) >= 11 is 0. The molecule has 0 heterocycles. The Morgan fingerprint density at radius 1 is 1.08 bits per heavy atom. The number of amides is 1. The molecule has 0 aliphatic heterocycles. The van der Waals surface area contributed by atoms with E-state index in [0.29, 0.717) is 5.69 Å². The average Bonchev–Trinajstić information content (AvgIpc) is 2.65. The van der Waals surface area contributed by atoms with Crippen molar-refractivity contribution in [2.75, 3.05) is 24.9 Å². The van der Waals surface area contributed by atoms with Gasteiger partial charge in [0.25, 0.3) is 15.9 Å². The van der Waals surface area contributed by atoms with Crippen molar-refractivity contribution < 1.29 is 13.2 Å². The summed E-state index contributed by atoms with van der Waals surface area (Å²) in [6.07, 6.45) is 0.219. The van der Waals surface area contributed by atoms with Gasteiger partial charge in [0, 0.05) is 26.2 Å².